The number of hydrogen-bond acceptors (Lipinski definition) is 6. The van der Waals surface area contributed by atoms with E-state index in [-0.39, 0.29) is 31.6 Å². The summed E-state index contributed by atoms with van der Waals surface area (Å²) in [7, 11) is 0. The Kier molecular flexibility index (Phi) is 4.61. The van der Waals surface area contributed by atoms with Crippen LogP contribution < -0.4 is 10.1 Å². The number of nitrogens with zero attached hydrogens (tertiary/aromatic N) is 4. The molecule has 2 aliphatic heterocycles. The van der Waals surface area contributed by atoms with Gasteiger partial charge in [0.15, 0.2) is 0 Å². The molecule has 1 fully saturated rings. The number of carbonyl (C=O) groups is 4. The molecule has 0 radical (unpaired) electrons. The Balaban J connectivity index is 1.76. The number of imide groups is 2. The second-order valence-corrected chi connectivity index (χ2v) is 6.62. The smallest absolute Gasteiger partial charge is 0.262 e. The van der Waals surface area contributed by atoms with Gasteiger partial charge in [0.1, 0.15) is 11.8 Å². The van der Waals surface area contributed by atoms with Crippen LogP contribution >= 0.6 is 0 Å². The summed E-state index contributed by atoms with van der Waals surface area (Å²) in [5.74, 6) is -1.90. The zero-order valence-electron chi connectivity index (χ0n) is 15.1. The lowest BCUT2D eigenvalue weighted by Gasteiger charge is -2.34. The van der Waals surface area contributed by atoms with Gasteiger partial charge in [-0.25, -0.2) is 0 Å². The first-order valence-corrected chi connectivity index (χ1v) is 8.93. The summed E-state index contributed by atoms with van der Waals surface area (Å²) in [4.78, 5) is 53.5. The largest absolute Gasteiger partial charge is 0.493 e. The van der Waals surface area contributed by atoms with Crippen molar-refractivity contribution < 1.29 is 23.9 Å². The Bertz CT molecular complexity index is 1120. The fourth-order valence-corrected chi connectivity index (χ4v) is 3.64. The van der Waals surface area contributed by atoms with E-state index in [0.717, 1.165) is 4.90 Å². The molecule has 0 saturated carbocycles. The highest BCUT2D eigenvalue weighted by Gasteiger charge is 2.42. The number of nitrogens with one attached hydrogen (secondary N) is 1. The van der Waals surface area contributed by atoms with Gasteiger partial charge in [-0.3, -0.25) is 29.4 Å². The van der Waals surface area contributed by atoms with Crippen molar-refractivity contribution in [3.05, 3.63) is 51.9 Å². The highest BCUT2D eigenvalue weighted by atomic mass is 16.5. The molecule has 1 atom stereocenters. The van der Waals surface area contributed by atoms with Crippen molar-refractivity contribution in [1.29, 1.82) is 0 Å². The van der Waals surface area contributed by atoms with Crippen LogP contribution in [-0.2, 0) is 9.59 Å². The second-order valence-electron chi connectivity index (χ2n) is 6.62. The van der Waals surface area contributed by atoms with Crippen molar-refractivity contribution in [2.45, 2.75) is 18.9 Å². The van der Waals surface area contributed by atoms with Gasteiger partial charge >= 0.3 is 0 Å². The van der Waals surface area contributed by atoms with Crippen molar-refractivity contribution in [3.63, 3.8) is 0 Å². The van der Waals surface area contributed by atoms with Crippen molar-refractivity contribution in [2.75, 3.05) is 13.2 Å². The van der Waals surface area contributed by atoms with Crippen LogP contribution in [0.3, 0.4) is 0 Å². The van der Waals surface area contributed by atoms with E-state index in [1.807, 2.05) is 0 Å². The summed E-state index contributed by atoms with van der Waals surface area (Å²) in [6, 6.07) is 7.19. The third-order valence-electron chi connectivity index (χ3n) is 4.89. The summed E-state index contributed by atoms with van der Waals surface area (Å²) in [6.45, 7) is 0.247. The molecule has 1 unspecified atom stereocenters. The van der Waals surface area contributed by atoms with E-state index in [1.54, 1.807) is 24.3 Å². The van der Waals surface area contributed by atoms with Crippen molar-refractivity contribution >= 4 is 34.4 Å². The lowest BCUT2D eigenvalue weighted by Crippen LogP contribution is -2.57. The van der Waals surface area contributed by atoms with Gasteiger partial charge in [-0.05, 0) is 35.5 Å². The molecular weight excluding hydrogens is 378 g/mol. The third-order valence-corrected chi connectivity index (χ3v) is 4.89. The molecule has 2 aromatic rings. The normalized spacial score (nSPS) is 18.5. The summed E-state index contributed by atoms with van der Waals surface area (Å²) < 4.78 is 5.57. The Morgan fingerprint density at radius 1 is 1.17 bits per heavy atom. The van der Waals surface area contributed by atoms with Crippen LogP contribution in [-0.4, -0.2) is 47.7 Å². The molecule has 2 aliphatic rings. The van der Waals surface area contributed by atoms with E-state index in [4.69, 9.17) is 10.3 Å². The fraction of sp³-hybridized carbons (Fsp3) is 0.263. The van der Waals surface area contributed by atoms with Crippen LogP contribution in [0.15, 0.2) is 35.4 Å². The molecule has 0 spiro atoms. The molecule has 0 bridgehead atoms. The minimum Gasteiger partial charge on any atom is -0.493 e. The number of benzene rings is 2. The first kappa shape index (κ1) is 18.5. The van der Waals surface area contributed by atoms with Gasteiger partial charge in [-0.2, -0.15) is 0 Å². The highest BCUT2D eigenvalue weighted by molar-refractivity contribution is 6.27. The maximum Gasteiger partial charge on any atom is 0.262 e. The van der Waals surface area contributed by atoms with Crippen LogP contribution in [0.4, 0.5) is 0 Å². The molecule has 0 aliphatic carbocycles. The number of piperidine rings is 1. The number of ether oxygens (including phenoxy) is 1. The lowest BCUT2D eigenvalue weighted by molar-refractivity contribution is -0.136. The first-order chi connectivity index (χ1) is 14.0. The van der Waals surface area contributed by atoms with Crippen molar-refractivity contribution in [3.8, 4) is 5.75 Å². The molecule has 146 valence electrons. The second kappa shape index (κ2) is 7.25. The van der Waals surface area contributed by atoms with E-state index in [0.29, 0.717) is 22.1 Å². The van der Waals surface area contributed by atoms with Crippen LogP contribution in [0.25, 0.3) is 21.2 Å². The molecule has 2 aromatic carbocycles. The Labute approximate surface area is 164 Å². The van der Waals surface area contributed by atoms with E-state index >= 15 is 0 Å². The molecule has 1 N–H and O–H groups in total. The molecule has 10 heteroatoms. The number of hydrogen-bond donors (Lipinski definition) is 1. The number of azide groups is 1. The van der Waals surface area contributed by atoms with Gasteiger partial charge in [0.2, 0.25) is 11.8 Å². The van der Waals surface area contributed by atoms with Crippen LogP contribution in [0.5, 0.6) is 5.75 Å². The summed E-state index contributed by atoms with van der Waals surface area (Å²) in [5, 5.41) is 6.71. The van der Waals surface area contributed by atoms with Gasteiger partial charge < -0.3 is 4.74 Å². The number of amides is 4. The van der Waals surface area contributed by atoms with Gasteiger partial charge in [0.05, 0.1) is 18.7 Å². The molecule has 2 heterocycles. The third kappa shape index (κ3) is 3.15. The van der Waals surface area contributed by atoms with E-state index in [2.05, 4.69) is 15.3 Å². The fourth-order valence-electron chi connectivity index (χ4n) is 3.64. The molecule has 0 aromatic heterocycles. The van der Waals surface area contributed by atoms with E-state index < -0.39 is 29.7 Å². The maximum absolute atomic E-state index is 13.2. The summed E-state index contributed by atoms with van der Waals surface area (Å²) in [6.07, 6.45) is 0.128. The standard InChI is InChI=1S/C19H15N5O5/c20-23-21-6-7-29-11-8-10-2-1-3-12-16(10)13(9-11)19(28)24(18(12)27)14-4-5-15(25)22-17(14)26/h1-3,8-9,14H,4-7H2,(H,22,25,26). The average Bonchev–Trinajstić information content (AvgIpc) is 2.70. The van der Waals surface area contributed by atoms with Gasteiger partial charge in [-0.15, -0.1) is 0 Å². The molecule has 4 rings (SSSR count). The van der Waals surface area contributed by atoms with E-state index in [9.17, 15) is 19.2 Å². The van der Waals surface area contributed by atoms with Crippen molar-refractivity contribution in [1.82, 2.24) is 10.2 Å². The molecule has 10 nitrogen and oxygen atoms in total. The lowest BCUT2D eigenvalue weighted by atomic mass is 9.91. The summed E-state index contributed by atoms with van der Waals surface area (Å²) >= 11 is 0. The topological polar surface area (TPSA) is 142 Å². The highest BCUT2D eigenvalue weighted by Crippen LogP contribution is 2.35. The Morgan fingerprint density at radius 2 is 1.97 bits per heavy atom. The van der Waals surface area contributed by atoms with Crippen LogP contribution in [0.1, 0.15) is 33.6 Å². The molecule has 29 heavy (non-hydrogen) atoms. The maximum atomic E-state index is 13.2. The zero-order chi connectivity index (χ0) is 20.5. The molecule has 4 amide bonds. The minimum absolute atomic E-state index is 0.0487. The van der Waals surface area contributed by atoms with Crippen LogP contribution in [0.2, 0.25) is 0 Å². The quantitative estimate of drug-likeness (QED) is 0.272. The predicted molar refractivity (Wildman–Crippen MR) is 100 cm³/mol. The predicted octanol–water partition coefficient (Wildman–Crippen LogP) is 1.93. The monoisotopic (exact) mass is 393 g/mol. The first-order valence-electron chi connectivity index (χ1n) is 8.93. The van der Waals surface area contributed by atoms with Crippen molar-refractivity contribution in [2.24, 2.45) is 5.11 Å². The number of carbonyl (C=O) groups excluding carboxylic acids is 4. The minimum atomic E-state index is -1.05. The summed E-state index contributed by atoms with van der Waals surface area (Å²) in [5.41, 5.74) is 8.89. The molecular formula is C19H15N5O5. The Morgan fingerprint density at radius 3 is 2.72 bits per heavy atom. The molecule has 1 saturated heterocycles. The van der Waals surface area contributed by atoms with Crippen LogP contribution in [0, 0.1) is 0 Å². The Hall–Kier alpha value is -3.91. The van der Waals surface area contributed by atoms with Gasteiger partial charge in [0.25, 0.3) is 11.8 Å². The number of rotatable bonds is 5. The van der Waals surface area contributed by atoms with Gasteiger partial charge in [0, 0.05) is 22.3 Å². The zero-order valence-corrected chi connectivity index (χ0v) is 15.1. The van der Waals surface area contributed by atoms with E-state index in [1.165, 1.54) is 6.07 Å². The van der Waals surface area contributed by atoms with Gasteiger partial charge in [-0.1, -0.05) is 17.2 Å². The SMILES string of the molecule is [N-]=[N+]=NCCOc1cc2c3c(cccc3c1)C(=O)N(C1CCC(=O)NC1=O)C2=O. The average molecular weight is 393 g/mol.